The zero-order valence-electron chi connectivity index (χ0n) is 13.8. The van der Waals surface area contributed by atoms with E-state index < -0.39 is 0 Å². The minimum absolute atomic E-state index is 0.168. The van der Waals surface area contributed by atoms with Crippen LogP contribution < -0.4 is 14.9 Å². The van der Waals surface area contributed by atoms with E-state index in [2.05, 4.69) is 10.5 Å². The first kappa shape index (κ1) is 16.1. The standard InChI is InChI=1S/C19H20N2O3/c1-13-3-6-16(7-4-13)14(2)20-21-19(22)12-15-5-8-17-18(11-15)24-10-9-23-17/h3-8,11H,9-10,12H2,1-2H3,(H,21,22)/b20-14-. The Bertz CT molecular complexity index is 767. The van der Waals surface area contributed by atoms with Gasteiger partial charge in [-0.15, -0.1) is 0 Å². The number of nitrogens with one attached hydrogen (secondary N) is 1. The summed E-state index contributed by atoms with van der Waals surface area (Å²) in [7, 11) is 0. The number of amides is 1. The van der Waals surface area contributed by atoms with E-state index in [0.717, 1.165) is 22.6 Å². The molecule has 2 aromatic rings. The molecule has 0 radical (unpaired) electrons. The lowest BCUT2D eigenvalue weighted by Gasteiger charge is -2.18. The van der Waals surface area contributed by atoms with E-state index in [1.807, 2.05) is 56.3 Å². The molecule has 0 saturated heterocycles. The van der Waals surface area contributed by atoms with Crippen LogP contribution in [0.15, 0.2) is 47.6 Å². The predicted molar refractivity (Wildman–Crippen MR) is 92.7 cm³/mol. The van der Waals surface area contributed by atoms with Crippen LogP contribution in [-0.4, -0.2) is 24.8 Å². The number of carbonyl (C=O) groups excluding carboxylic acids is 1. The number of carbonyl (C=O) groups is 1. The number of hydrogen-bond acceptors (Lipinski definition) is 4. The van der Waals surface area contributed by atoms with Gasteiger partial charge in [0.1, 0.15) is 13.2 Å². The summed E-state index contributed by atoms with van der Waals surface area (Å²) in [6.45, 7) is 4.99. The molecular weight excluding hydrogens is 304 g/mol. The van der Waals surface area contributed by atoms with E-state index in [-0.39, 0.29) is 12.3 Å². The van der Waals surface area contributed by atoms with Crippen molar-refractivity contribution in [3.63, 3.8) is 0 Å². The van der Waals surface area contributed by atoms with Crippen molar-refractivity contribution < 1.29 is 14.3 Å². The Kier molecular flexibility index (Phi) is 4.79. The van der Waals surface area contributed by atoms with Crippen molar-refractivity contribution in [3.8, 4) is 11.5 Å². The first-order chi connectivity index (χ1) is 11.6. The maximum atomic E-state index is 12.1. The molecule has 1 heterocycles. The van der Waals surface area contributed by atoms with Gasteiger partial charge in [0, 0.05) is 0 Å². The minimum atomic E-state index is -0.168. The number of rotatable bonds is 4. The molecule has 1 aliphatic rings. The van der Waals surface area contributed by atoms with Crippen LogP contribution in [0.4, 0.5) is 0 Å². The molecule has 0 fully saturated rings. The molecule has 124 valence electrons. The summed E-state index contributed by atoms with van der Waals surface area (Å²) in [5.41, 5.74) is 6.41. The van der Waals surface area contributed by atoms with Crippen LogP contribution >= 0.6 is 0 Å². The van der Waals surface area contributed by atoms with Gasteiger partial charge in [0.2, 0.25) is 5.91 Å². The van der Waals surface area contributed by atoms with Crippen LogP contribution in [0, 0.1) is 6.92 Å². The minimum Gasteiger partial charge on any atom is -0.486 e. The Morgan fingerprint density at radius 1 is 1.08 bits per heavy atom. The molecule has 0 unspecified atom stereocenters. The van der Waals surface area contributed by atoms with Crippen molar-refractivity contribution in [2.45, 2.75) is 20.3 Å². The summed E-state index contributed by atoms with van der Waals surface area (Å²) in [5, 5.41) is 4.17. The number of nitrogens with zero attached hydrogens (tertiary/aromatic N) is 1. The molecule has 2 aromatic carbocycles. The van der Waals surface area contributed by atoms with Crippen molar-refractivity contribution in [1.82, 2.24) is 5.43 Å². The number of fused-ring (bicyclic) bond motifs is 1. The molecule has 1 N–H and O–H groups in total. The van der Waals surface area contributed by atoms with E-state index in [4.69, 9.17) is 9.47 Å². The second kappa shape index (κ2) is 7.17. The average molecular weight is 324 g/mol. The van der Waals surface area contributed by atoms with Crippen molar-refractivity contribution in [3.05, 3.63) is 59.2 Å². The van der Waals surface area contributed by atoms with Gasteiger partial charge in [-0.2, -0.15) is 5.10 Å². The van der Waals surface area contributed by atoms with Gasteiger partial charge in [-0.1, -0.05) is 35.9 Å². The van der Waals surface area contributed by atoms with Crippen LogP contribution in [0.2, 0.25) is 0 Å². The molecule has 0 atom stereocenters. The Morgan fingerprint density at radius 3 is 2.54 bits per heavy atom. The van der Waals surface area contributed by atoms with Gasteiger partial charge in [-0.25, -0.2) is 5.43 Å². The van der Waals surface area contributed by atoms with Crippen molar-refractivity contribution in [1.29, 1.82) is 0 Å². The molecule has 0 saturated carbocycles. The molecule has 1 amide bonds. The molecule has 5 heteroatoms. The van der Waals surface area contributed by atoms with E-state index in [1.165, 1.54) is 5.56 Å². The van der Waals surface area contributed by atoms with Gasteiger partial charge >= 0.3 is 0 Å². The molecule has 0 aliphatic carbocycles. The summed E-state index contributed by atoms with van der Waals surface area (Å²) in [6, 6.07) is 13.5. The molecule has 0 bridgehead atoms. The summed E-state index contributed by atoms with van der Waals surface area (Å²) < 4.78 is 11.0. The molecule has 0 spiro atoms. The van der Waals surface area contributed by atoms with Gasteiger partial charge in [0.25, 0.3) is 0 Å². The van der Waals surface area contributed by atoms with E-state index in [0.29, 0.717) is 19.0 Å². The Hall–Kier alpha value is -2.82. The van der Waals surface area contributed by atoms with Gasteiger partial charge in [-0.3, -0.25) is 4.79 Å². The quantitative estimate of drug-likeness (QED) is 0.695. The van der Waals surface area contributed by atoms with Crippen molar-refractivity contribution in [2.24, 2.45) is 5.10 Å². The van der Waals surface area contributed by atoms with Crippen LogP contribution in [0.5, 0.6) is 11.5 Å². The van der Waals surface area contributed by atoms with Gasteiger partial charge < -0.3 is 9.47 Å². The SMILES string of the molecule is C/C(=N/NC(=O)Cc1ccc2c(c1)OCCO2)c1ccc(C)cc1. The molecule has 0 aromatic heterocycles. The van der Waals surface area contributed by atoms with Crippen LogP contribution in [0.3, 0.4) is 0 Å². The molecular formula is C19H20N2O3. The third kappa shape index (κ3) is 3.93. The highest BCUT2D eigenvalue weighted by Crippen LogP contribution is 2.30. The lowest BCUT2D eigenvalue weighted by molar-refractivity contribution is -0.120. The zero-order chi connectivity index (χ0) is 16.9. The second-order valence-electron chi connectivity index (χ2n) is 5.75. The first-order valence-electron chi connectivity index (χ1n) is 7.90. The fourth-order valence-electron chi connectivity index (χ4n) is 2.43. The average Bonchev–Trinajstić information content (AvgIpc) is 2.60. The Balaban J connectivity index is 1.61. The largest absolute Gasteiger partial charge is 0.486 e. The highest BCUT2D eigenvalue weighted by atomic mass is 16.6. The molecule has 3 rings (SSSR count). The predicted octanol–water partition coefficient (Wildman–Crippen LogP) is 2.85. The highest BCUT2D eigenvalue weighted by molar-refractivity contribution is 5.99. The fourth-order valence-corrected chi connectivity index (χ4v) is 2.43. The topological polar surface area (TPSA) is 59.9 Å². The lowest BCUT2D eigenvalue weighted by Crippen LogP contribution is -2.21. The molecule has 1 aliphatic heterocycles. The third-order valence-corrected chi connectivity index (χ3v) is 3.79. The van der Waals surface area contributed by atoms with Crippen molar-refractivity contribution in [2.75, 3.05) is 13.2 Å². The number of ether oxygens (including phenoxy) is 2. The summed E-state index contributed by atoms with van der Waals surface area (Å²) in [6.07, 6.45) is 0.237. The molecule has 24 heavy (non-hydrogen) atoms. The monoisotopic (exact) mass is 324 g/mol. The van der Waals surface area contributed by atoms with Crippen LogP contribution in [0.25, 0.3) is 0 Å². The number of hydrogen-bond donors (Lipinski definition) is 1. The highest BCUT2D eigenvalue weighted by Gasteiger charge is 2.13. The van der Waals surface area contributed by atoms with E-state index in [9.17, 15) is 4.79 Å². The third-order valence-electron chi connectivity index (χ3n) is 3.79. The summed E-state index contributed by atoms with van der Waals surface area (Å²) in [4.78, 5) is 12.1. The van der Waals surface area contributed by atoms with Gasteiger partial charge in [0.05, 0.1) is 12.1 Å². The number of benzene rings is 2. The lowest BCUT2D eigenvalue weighted by atomic mass is 10.1. The number of aryl methyl sites for hydroxylation is 1. The summed E-state index contributed by atoms with van der Waals surface area (Å²) >= 11 is 0. The maximum absolute atomic E-state index is 12.1. The van der Waals surface area contributed by atoms with E-state index >= 15 is 0 Å². The second-order valence-corrected chi connectivity index (χ2v) is 5.75. The number of hydrazone groups is 1. The Labute approximate surface area is 141 Å². The normalized spacial score (nSPS) is 13.5. The zero-order valence-corrected chi connectivity index (χ0v) is 13.8. The van der Waals surface area contributed by atoms with E-state index in [1.54, 1.807) is 0 Å². The first-order valence-corrected chi connectivity index (χ1v) is 7.90. The molecule has 5 nitrogen and oxygen atoms in total. The van der Waals surface area contributed by atoms with Gasteiger partial charge in [-0.05, 0) is 37.1 Å². The van der Waals surface area contributed by atoms with Crippen LogP contribution in [-0.2, 0) is 11.2 Å². The smallest absolute Gasteiger partial charge is 0.244 e. The summed E-state index contributed by atoms with van der Waals surface area (Å²) in [5.74, 6) is 1.24. The van der Waals surface area contributed by atoms with Crippen molar-refractivity contribution >= 4 is 11.6 Å². The van der Waals surface area contributed by atoms with Gasteiger partial charge in [0.15, 0.2) is 11.5 Å². The Morgan fingerprint density at radius 2 is 1.79 bits per heavy atom. The maximum Gasteiger partial charge on any atom is 0.244 e. The fraction of sp³-hybridized carbons (Fsp3) is 0.263. The van der Waals surface area contributed by atoms with Crippen LogP contribution in [0.1, 0.15) is 23.6 Å².